The molecule has 0 aromatic heterocycles. The van der Waals surface area contributed by atoms with Crippen LogP contribution in [0, 0.1) is 18.3 Å². The molecule has 0 saturated carbocycles. The van der Waals surface area contributed by atoms with Crippen molar-refractivity contribution < 1.29 is 5.11 Å². The number of benzene rings is 1. The molecule has 0 bridgehead atoms. The van der Waals surface area contributed by atoms with E-state index < -0.39 is 5.54 Å². The van der Waals surface area contributed by atoms with Gasteiger partial charge in [-0.3, -0.25) is 0 Å². The molecule has 0 fully saturated rings. The van der Waals surface area contributed by atoms with Gasteiger partial charge in [0, 0.05) is 0 Å². The second kappa shape index (κ2) is 3.79. The maximum atomic E-state index is 9.09. The molecule has 1 aromatic carbocycles. The minimum Gasteiger partial charge on any atom is -0.394 e. The number of rotatable bonds is 2. The van der Waals surface area contributed by atoms with Gasteiger partial charge in [-0.15, -0.1) is 0 Å². The molecule has 1 aromatic rings. The van der Waals surface area contributed by atoms with Crippen LogP contribution in [0.5, 0.6) is 0 Å². The summed E-state index contributed by atoms with van der Waals surface area (Å²) in [6.45, 7) is 3.50. The summed E-state index contributed by atoms with van der Waals surface area (Å²) in [4.78, 5) is 0. The van der Waals surface area contributed by atoms with Crippen LogP contribution in [0.2, 0.25) is 0 Å². The molecule has 74 valence electrons. The number of hydrogen-bond donors (Lipinski definition) is 2. The summed E-state index contributed by atoms with van der Waals surface area (Å²) in [5, 5.41) is 17.9. The third-order valence-corrected chi connectivity index (χ3v) is 2.19. The average Bonchev–Trinajstić information content (AvgIpc) is 2.16. The Labute approximate surface area is 83.8 Å². The lowest BCUT2D eigenvalue weighted by atomic mass is 9.91. The normalized spacial score (nSPS) is 14.5. The molecule has 1 atom stereocenters. The van der Waals surface area contributed by atoms with E-state index in [1.54, 1.807) is 19.1 Å². The van der Waals surface area contributed by atoms with Gasteiger partial charge < -0.3 is 10.8 Å². The Morgan fingerprint density at radius 1 is 1.50 bits per heavy atom. The van der Waals surface area contributed by atoms with Gasteiger partial charge in [0.2, 0.25) is 0 Å². The zero-order chi connectivity index (χ0) is 10.8. The zero-order valence-electron chi connectivity index (χ0n) is 8.41. The molecular formula is C11H14N2O. The summed E-state index contributed by atoms with van der Waals surface area (Å²) in [5.41, 5.74) is 7.43. The molecule has 0 amide bonds. The van der Waals surface area contributed by atoms with E-state index in [0.29, 0.717) is 5.56 Å². The Morgan fingerprint density at radius 3 is 2.64 bits per heavy atom. The second-order valence-corrected chi connectivity index (χ2v) is 3.78. The van der Waals surface area contributed by atoms with E-state index in [4.69, 9.17) is 16.1 Å². The molecule has 0 saturated heterocycles. The van der Waals surface area contributed by atoms with Gasteiger partial charge in [-0.1, -0.05) is 6.07 Å². The van der Waals surface area contributed by atoms with Gasteiger partial charge in [-0.25, -0.2) is 0 Å². The third kappa shape index (κ3) is 2.11. The molecule has 3 N–H and O–H groups in total. The van der Waals surface area contributed by atoms with E-state index in [-0.39, 0.29) is 6.61 Å². The van der Waals surface area contributed by atoms with E-state index in [1.165, 1.54) is 0 Å². The van der Waals surface area contributed by atoms with E-state index in [2.05, 4.69) is 6.07 Å². The molecule has 0 aliphatic heterocycles. The van der Waals surface area contributed by atoms with Gasteiger partial charge in [-0.05, 0) is 37.1 Å². The smallest absolute Gasteiger partial charge is 0.0991 e. The first-order chi connectivity index (χ1) is 6.49. The topological polar surface area (TPSA) is 70.0 Å². The summed E-state index contributed by atoms with van der Waals surface area (Å²) in [6, 6.07) is 7.45. The monoisotopic (exact) mass is 190 g/mol. The summed E-state index contributed by atoms with van der Waals surface area (Å²) in [5.74, 6) is 0. The molecule has 0 spiro atoms. The fourth-order valence-electron chi connectivity index (χ4n) is 1.27. The number of nitriles is 1. The minimum atomic E-state index is -0.780. The van der Waals surface area contributed by atoms with Crippen molar-refractivity contribution in [2.45, 2.75) is 19.4 Å². The Kier molecular flexibility index (Phi) is 2.90. The number of nitrogens with zero attached hydrogens (tertiary/aromatic N) is 1. The number of nitrogens with two attached hydrogens (primary N) is 1. The minimum absolute atomic E-state index is 0.138. The summed E-state index contributed by atoms with van der Waals surface area (Å²) in [6.07, 6.45) is 0. The summed E-state index contributed by atoms with van der Waals surface area (Å²) < 4.78 is 0. The fourth-order valence-corrected chi connectivity index (χ4v) is 1.27. The van der Waals surface area contributed by atoms with E-state index >= 15 is 0 Å². The number of hydrogen-bond acceptors (Lipinski definition) is 3. The van der Waals surface area contributed by atoms with Crippen molar-refractivity contribution >= 4 is 0 Å². The van der Waals surface area contributed by atoms with Crippen molar-refractivity contribution in [2.75, 3.05) is 6.61 Å². The van der Waals surface area contributed by atoms with Gasteiger partial charge in [0.05, 0.1) is 23.8 Å². The molecule has 0 radical (unpaired) electrons. The molecule has 0 aliphatic carbocycles. The Balaban J connectivity index is 3.24. The highest BCUT2D eigenvalue weighted by molar-refractivity contribution is 5.39. The first-order valence-corrected chi connectivity index (χ1v) is 4.41. The summed E-state index contributed by atoms with van der Waals surface area (Å²) >= 11 is 0. The summed E-state index contributed by atoms with van der Waals surface area (Å²) in [7, 11) is 0. The van der Waals surface area contributed by atoms with Crippen LogP contribution >= 0.6 is 0 Å². The van der Waals surface area contributed by atoms with Crippen LogP contribution in [0.4, 0.5) is 0 Å². The standard InChI is InChI=1S/C11H14N2O/c1-8-3-9(6-12)5-10(4-8)11(2,13)7-14/h3-5,14H,7,13H2,1-2H3/t11-/m1/s1. The first kappa shape index (κ1) is 10.7. The van der Waals surface area contributed by atoms with Gasteiger partial charge >= 0.3 is 0 Å². The van der Waals surface area contributed by atoms with Gasteiger partial charge in [0.25, 0.3) is 0 Å². The maximum absolute atomic E-state index is 9.09. The lowest BCUT2D eigenvalue weighted by Crippen LogP contribution is -2.37. The largest absolute Gasteiger partial charge is 0.394 e. The molecule has 3 nitrogen and oxygen atoms in total. The molecule has 0 heterocycles. The Hall–Kier alpha value is -1.37. The molecule has 14 heavy (non-hydrogen) atoms. The molecule has 0 aliphatic rings. The maximum Gasteiger partial charge on any atom is 0.0991 e. The molecule has 1 rings (SSSR count). The van der Waals surface area contributed by atoms with E-state index in [1.807, 2.05) is 13.0 Å². The third-order valence-electron chi connectivity index (χ3n) is 2.19. The van der Waals surface area contributed by atoms with Crippen molar-refractivity contribution in [2.24, 2.45) is 5.73 Å². The number of aryl methyl sites for hydroxylation is 1. The van der Waals surface area contributed by atoms with Gasteiger partial charge in [0.15, 0.2) is 0 Å². The Bertz CT molecular complexity index is 377. The Morgan fingerprint density at radius 2 is 2.14 bits per heavy atom. The SMILES string of the molecule is Cc1cc(C#N)cc([C@](C)(N)CO)c1. The van der Waals surface area contributed by atoms with Crippen LogP contribution in [-0.4, -0.2) is 11.7 Å². The van der Waals surface area contributed by atoms with E-state index in [9.17, 15) is 0 Å². The number of aliphatic hydroxyl groups excluding tert-OH is 1. The first-order valence-electron chi connectivity index (χ1n) is 4.41. The zero-order valence-corrected chi connectivity index (χ0v) is 8.41. The van der Waals surface area contributed by atoms with Crippen molar-refractivity contribution in [3.63, 3.8) is 0 Å². The molecule has 0 unspecified atom stereocenters. The van der Waals surface area contributed by atoms with Crippen molar-refractivity contribution in [3.05, 3.63) is 34.9 Å². The lowest BCUT2D eigenvalue weighted by Gasteiger charge is -2.22. The highest BCUT2D eigenvalue weighted by atomic mass is 16.3. The van der Waals surface area contributed by atoms with Crippen LogP contribution < -0.4 is 5.73 Å². The predicted molar refractivity (Wildman–Crippen MR) is 54.5 cm³/mol. The van der Waals surface area contributed by atoms with Crippen LogP contribution in [0.3, 0.4) is 0 Å². The lowest BCUT2D eigenvalue weighted by molar-refractivity contribution is 0.210. The average molecular weight is 190 g/mol. The highest BCUT2D eigenvalue weighted by Gasteiger charge is 2.20. The van der Waals surface area contributed by atoms with Crippen LogP contribution in [0.25, 0.3) is 0 Å². The number of aliphatic hydroxyl groups is 1. The van der Waals surface area contributed by atoms with Crippen LogP contribution in [0.1, 0.15) is 23.6 Å². The van der Waals surface area contributed by atoms with Gasteiger partial charge in [-0.2, -0.15) is 5.26 Å². The van der Waals surface area contributed by atoms with Crippen LogP contribution in [0.15, 0.2) is 18.2 Å². The molecular weight excluding hydrogens is 176 g/mol. The second-order valence-electron chi connectivity index (χ2n) is 3.78. The van der Waals surface area contributed by atoms with Crippen LogP contribution in [-0.2, 0) is 5.54 Å². The van der Waals surface area contributed by atoms with Gasteiger partial charge in [0.1, 0.15) is 0 Å². The van der Waals surface area contributed by atoms with Crippen molar-refractivity contribution in [1.82, 2.24) is 0 Å². The fraction of sp³-hybridized carbons (Fsp3) is 0.364. The predicted octanol–water partition coefficient (Wildman–Crippen LogP) is 1.03. The highest BCUT2D eigenvalue weighted by Crippen LogP contribution is 2.19. The quantitative estimate of drug-likeness (QED) is 0.731. The molecule has 3 heteroatoms. The van der Waals surface area contributed by atoms with E-state index in [0.717, 1.165) is 11.1 Å². The van der Waals surface area contributed by atoms with Crippen molar-refractivity contribution in [3.8, 4) is 6.07 Å². The van der Waals surface area contributed by atoms with Crippen molar-refractivity contribution in [1.29, 1.82) is 5.26 Å².